The zero-order chi connectivity index (χ0) is 14.1. The van der Waals surface area contributed by atoms with E-state index in [1.165, 1.54) is 12.1 Å². The molecular weight excluding hydrogens is 325 g/mol. The minimum Gasteiger partial charge on any atom is -0.441 e. The van der Waals surface area contributed by atoms with E-state index in [-0.39, 0.29) is 6.42 Å². The number of rotatable bonds is 3. The van der Waals surface area contributed by atoms with Crippen LogP contribution in [-0.4, -0.2) is 10.1 Å². The van der Waals surface area contributed by atoms with Crippen LogP contribution < -0.4 is 0 Å². The standard InChI is InChI=1S/C15H11BrFNO2/c16-10-5-9(6-11(17)7-10)13(19)8-15-18-12-3-1-2-4-14(12)20-15/h1-7,13,19H,8H2. The molecule has 1 heterocycles. The van der Waals surface area contributed by atoms with Crippen molar-refractivity contribution >= 4 is 27.0 Å². The van der Waals surface area contributed by atoms with Gasteiger partial charge in [-0.15, -0.1) is 0 Å². The van der Waals surface area contributed by atoms with Crippen molar-refractivity contribution in [3.63, 3.8) is 0 Å². The van der Waals surface area contributed by atoms with Gasteiger partial charge in [0, 0.05) is 4.47 Å². The Hall–Kier alpha value is -1.72. The maximum atomic E-state index is 13.3. The lowest BCUT2D eigenvalue weighted by Gasteiger charge is -2.09. The van der Waals surface area contributed by atoms with E-state index in [1.54, 1.807) is 6.07 Å². The molecule has 0 radical (unpaired) electrons. The second kappa shape index (κ2) is 5.34. The average molecular weight is 336 g/mol. The SMILES string of the molecule is OC(Cc1nc2ccccc2o1)c1cc(F)cc(Br)c1. The van der Waals surface area contributed by atoms with Crippen molar-refractivity contribution in [2.75, 3.05) is 0 Å². The van der Waals surface area contributed by atoms with E-state index in [0.717, 1.165) is 5.52 Å². The Morgan fingerprint density at radius 2 is 2.05 bits per heavy atom. The Labute approximate surface area is 123 Å². The molecule has 102 valence electrons. The molecule has 0 bridgehead atoms. The molecule has 1 unspecified atom stereocenters. The first-order chi connectivity index (χ1) is 9.61. The van der Waals surface area contributed by atoms with Crippen LogP contribution in [0, 0.1) is 5.82 Å². The lowest BCUT2D eigenvalue weighted by atomic mass is 10.1. The van der Waals surface area contributed by atoms with Gasteiger partial charge < -0.3 is 9.52 Å². The molecule has 3 rings (SSSR count). The van der Waals surface area contributed by atoms with E-state index >= 15 is 0 Å². The molecule has 0 aliphatic rings. The molecule has 0 saturated carbocycles. The Kier molecular flexibility index (Phi) is 3.54. The summed E-state index contributed by atoms with van der Waals surface area (Å²) in [6.45, 7) is 0. The zero-order valence-electron chi connectivity index (χ0n) is 10.4. The van der Waals surface area contributed by atoms with Gasteiger partial charge in [-0.3, -0.25) is 0 Å². The number of aliphatic hydroxyl groups excluding tert-OH is 1. The molecule has 2 aromatic carbocycles. The molecule has 0 fully saturated rings. The summed E-state index contributed by atoms with van der Waals surface area (Å²) in [7, 11) is 0. The van der Waals surface area contributed by atoms with Gasteiger partial charge in [-0.2, -0.15) is 0 Å². The number of hydrogen-bond acceptors (Lipinski definition) is 3. The summed E-state index contributed by atoms with van der Waals surface area (Å²) in [4.78, 5) is 4.29. The van der Waals surface area contributed by atoms with Gasteiger partial charge in [0.1, 0.15) is 11.3 Å². The van der Waals surface area contributed by atoms with Crippen LogP contribution in [0.5, 0.6) is 0 Å². The van der Waals surface area contributed by atoms with Gasteiger partial charge >= 0.3 is 0 Å². The van der Waals surface area contributed by atoms with E-state index in [0.29, 0.717) is 21.5 Å². The molecule has 1 aromatic heterocycles. The number of fused-ring (bicyclic) bond motifs is 1. The summed E-state index contributed by atoms with van der Waals surface area (Å²) in [5.74, 6) is 0.0325. The van der Waals surface area contributed by atoms with Crippen molar-refractivity contribution < 1.29 is 13.9 Å². The highest BCUT2D eigenvalue weighted by Crippen LogP contribution is 2.24. The monoisotopic (exact) mass is 335 g/mol. The first-order valence-electron chi connectivity index (χ1n) is 6.10. The van der Waals surface area contributed by atoms with Crippen molar-refractivity contribution in [1.29, 1.82) is 0 Å². The van der Waals surface area contributed by atoms with Gasteiger partial charge in [0.25, 0.3) is 0 Å². The minimum absolute atomic E-state index is 0.199. The number of hydrogen-bond donors (Lipinski definition) is 1. The third-order valence-corrected chi connectivity index (χ3v) is 3.43. The maximum absolute atomic E-state index is 13.3. The molecule has 3 aromatic rings. The number of halogens is 2. The van der Waals surface area contributed by atoms with Crippen LogP contribution in [0.4, 0.5) is 4.39 Å². The van der Waals surface area contributed by atoms with Gasteiger partial charge in [-0.1, -0.05) is 28.1 Å². The summed E-state index contributed by atoms with van der Waals surface area (Å²) in [5, 5.41) is 10.2. The molecule has 0 aliphatic heterocycles. The summed E-state index contributed by atoms with van der Waals surface area (Å²) in [5.41, 5.74) is 1.91. The third kappa shape index (κ3) is 2.73. The molecule has 5 heteroatoms. The van der Waals surface area contributed by atoms with E-state index in [9.17, 15) is 9.50 Å². The van der Waals surface area contributed by atoms with Gasteiger partial charge in [0.15, 0.2) is 11.5 Å². The second-order valence-electron chi connectivity index (χ2n) is 4.50. The van der Waals surface area contributed by atoms with Crippen LogP contribution in [0.15, 0.2) is 51.4 Å². The lowest BCUT2D eigenvalue weighted by Crippen LogP contribution is -2.02. The van der Waals surface area contributed by atoms with Crippen LogP contribution >= 0.6 is 15.9 Å². The van der Waals surface area contributed by atoms with Crippen molar-refractivity contribution in [1.82, 2.24) is 4.98 Å². The number of nitrogens with zero attached hydrogens (tertiary/aromatic N) is 1. The van der Waals surface area contributed by atoms with Gasteiger partial charge in [-0.05, 0) is 35.9 Å². The summed E-state index contributed by atoms with van der Waals surface area (Å²) < 4.78 is 19.4. The van der Waals surface area contributed by atoms with Crippen molar-refractivity contribution in [3.05, 3.63) is 64.2 Å². The Morgan fingerprint density at radius 3 is 2.80 bits per heavy atom. The summed E-state index contributed by atoms with van der Waals surface area (Å²) >= 11 is 3.20. The fourth-order valence-corrected chi connectivity index (χ4v) is 2.54. The molecule has 1 atom stereocenters. The molecule has 0 saturated heterocycles. The first kappa shape index (κ1) is 13.3. The molecular formula is C15H11BrFNO2. The van der Waals surface area contributed by atoms with E-state index in [4.69, 9.17) is 4.42 Å². The fourth-order valence-electron chi connectivity index (χ4n) is 2.06. The van der Waals surface area contributed by atoms with Crippen molar-refractivity contribution in [2.45, 2.75) is 12.5 Å². The minimum atomic E-state index is -0.866. The summed E-state index contributed by atoms with van der Waals surface area (Å²) in [6.07, 6.45) is -0.667. The predicted octanol–water partition coefficient (Wildman–Crippen LogP) is 4.01. The lowest BCUT2D eigenvalue weighted by molar-refractivity contribution is 0.169. The summed E-state index contributed by atoms with van der Waals surface area (Å²) in [6, 6.07) is 11.7. The highest BCUT2D eigenvalue weighted by atomic mass is 79.9. The van der Waals surface area contributed by atoms with Crippen LogP contribution in [0.3, 0.4) is 0 Å². The average Bonchev–Trinajstić information content (AvgIpc) is 2.79. The quantitative estimate of drug-likeness (QED) is 0.786. The normalized spacial score (nSPS) is 12.8. The van der Waals surface area contributed by atoms with Crippen LogP contribution in [0.1, 0.15) is 17.6 Å². The number of aliphatic hydroxyl groups is 1. The molecule has 0 aliphatic carbocycles. The number of aromatic nitrogens is 1. The first-order valence-corrected chi connectivity index (χ1v) is 6.89. The molecule has 3 nitrogen and oxygen atoms in total. The van der Waals surface area contributed by atoms with Gasteiger partial charge in [0.05, 0.1) is 12.5 Å². The van der Waals surface area contributed by atoms with Crippen molar-refractivity contribution in [2.24, 2.45) is 0 Å². The van der Waals surface area contributed by atoms with E-state index in [1.807, 2.05) is 24.3 Å². The smallest absolute Gasteiger partial charge is 0.198 e. The highest BCUT2D eigenvalue weighted by Gasteiger charge is 2.14. The van der Waals surface area contributed by atoms with Crippen LogP contribution in [-0.2, 0) is 6.42 Å². The number of para-hydroxylation sites is 2. The highest BCUT2D eigenvalue weighted by molar-refractivity contribution is 9.10. The number of oxazole rings is 1. The topological polar surface area (TPSA) is 46.3 Å². The maximum Gasteiger partial charge on any atom is 0.198 e. The molecule has 0 spiro atoms. The largest absolute Gasteiger partial charge is 0.441 e. The van der Waals surface area contributed by atoms with Gasteiger partial charge in [-0.25, -0.2) is 9.37 Å². The van der Waals surface area contributed by atoms with Crippen LogP contribution in [0.25, 0.3) is 11.1 Å². The van der Waals surface area contributed by atoms with Gasteiger partial charge in [0.2, 0.25) is 0 Å². The van der Waals surface area contributed by atoms with Crippen molar-refractivity contribution in [3.8, 4) is 0 Å². The number of benzene rings is 2. The Balaban J connectivity index is 1.86. The molecule has 20 heavy (non-hydrogen) atoms. The van der Waals surface area contributed by atoms with Crippen LogP contribution in [0.2, 0.25) is 0 Å². The third-order valence-electron chi connectivity index (χ3n) is 2.98. The second-order valence-corrected chi connectivity index (χ2v) is 5.41. The Bertz CT molecular complexity index is 703. The van der Waals surface area contributed by atoms with E-state index < -0.39 is 11.9 Å². The fraction of sp³-hybridized carbons (Fsp3) is 0.133. The zero-order valence-corrected chi connectivity index (χ0v) is 12.0. The predicted molar refractivity (Wildman–Crippen MR) is 76.8 cm³/mol. The van der Waals surface area contributed by atoms with E-state index in [2.05, 4.69) is 20.9 Å². The molecule has 0 amide bonds. The Morgan fingerprint density at radius 1 is 1.25 bits per heavy atom. The molecule has 1 N–H and O–H groups in total.